The van der Waals surface area contributed by atoms with Crippen LogP contribution in [0.1, 0.15) is 17.5 Å². The Bertz CT molecular complexity index is 822. The van der Waals surface area contributed by atoms with Gasteiger partial charge in [-0.3, -0.25) is 14.5 Å². The molecule has 6 heteroatoms. The van der Waals surface area contributed by atoms with Crippen LogP contribution in [0.5, 0.6) is 5.75 Å². The Morgan fingerprint density at radius 3 is 2.88 bits per heavy atom. The van der Waals surface area contributed by atoms with Gasteiger partial charge in [0, 0.05) is 6.54 Å². The van der Waals surface area contributed by atoms with E-state index in [1.54, 1.807) is 24.3 Å². The van der Waals surface area contributed by atoms with Gasteiger partial charge in [-0.2, -0.15) is 0 Å². The number of amides is 2. The van der Waals surface area contributed by atoms with Gasteiger partial charge in [0.2, 0.25) is 5.91 Å². The quantitative estimate of drug-likeness (QED) is 0.810. The molecule has 26 heavy (non-hydrogen) atoms. The van der Waals surface area contributed by atoms with Gasteiger partial charge in [-0.05, 0) is 49.1 Å². The predicted molar refractivity (Wildman–Crippen MR) is 96.8 cm³/mol. The largest absolute Gasteiger partial charge is 0.482 e. The van der Waals surface area contributed by atoms with E-state index in [1.165, 1.54) is 11.0 Å². The van der Waals surface area contributed by atoms with Crippen molar-refractivity contribution in [3.05, 3.63) is 59.4 Å². The normalized spacial score (nSPS) is 13.2. The first kappa shape index (κ1) is 17.9. The smallest absolute Gasteiger partial charge is 0.265 e. The summed E-state index contributed by atoms with van der Waals surface area (Å²) in [6, 6.07) is 12.1. The lowest BCUT2D eigenvalue weighted by Gasteiger charge is -2.29. The van der Waals surface area contributed by atoms with Crippen LogP contribution in [-0.4, -0.2) is 31.5 Å². The highest BCUT2D eigenvalue weighted by molar-refractivity contribution is 6.02. The molecule has 0 spiro atoms. The number of rotatable bonds is 6. The molecule has 0 unspecified atom stereocenters. The van der Waals surface area contributed by atoms with Crippen LogP contribution < -0.4 is 15.0 Å². The highest BCUT2D eigenvalue weighted by atomic mass is 19.1. The van der Waals surface area contributed by atoms with E-state index in [4.69, 9.17) is 4.74 Å². The van der Waals surface area contributed by atoms with Crippen LogP contribution >= 0.6 is 0 Å². The number of hydrogen-bond acceptors (Lipinski definition) is 3. The second-order valence-corrected chi connectivity index (χ2v) is 6.28. The average molecular weight is 356 g/mol. The van der Waals surface area contributed by atoms with Crippen LogP contribution in [0.4, 0.5) is 10.1 Å². The van der Waals surface area contributed by atoms with E-state index in [1.807, 2.05) is 19.1 Å². The minimum Gasteiger partial charge on any atom is -0.482 e. The van der Waals surface area contributed by atoms with Crippen molar-refractivity contribution in [2.75, 3.05) is 24.6 Å². The van der Waals surface area contributed by atoms with Crippen LogP contribution in [0.3, 0.4) is 0 Å². The zero-order valence-electron chi connectivity index (χ0n) is 14.6. The molecule has 2 aromatic carbocycles. The highest BCUT2D eigenvalue weighted by Crippen LogP contribution is 2.32. The molecular weight excluding hydrogens is 335 g/mol. The van der Waals surface area contributed by atoms with E-state index in [9.17, 15) is 14.0 Å². The Morgan fingerprint density at radius 2 is 2.08 bits per heavy atom. The molecule has 1 N–H and O–H groups in total. The maximum atomic E-state index is 13.6. The number of nitrogens with zero attached hydrogens (tertiary/aromatic N) is 1. The number of carbonyl (C=O) groups excluding carboxylic acids is 2. The third-order valence-corrected chi connectivity index (χ3v) is 4.26. The minimum atomic E-state index is -0.249. The molecule has 136 valence electrons. The first-order chi connectivity index (χ1) is 12.5. The van der Waals surface area contributed by atoms with Gasteiger partial charge in [-0.1, -0.05) is 24.3 Å². The fourth-order valence-electron chi connectivity index (χ4n) is 2.89. The van der Waals surface area contributed by atoms with Crippen LogP contribution in [0.25, 0.3) is 0 Å². The van der Waals surface area contributed by atoms with Crippen LogP contribution in [0, 0.1) is 12.7 Å². The van der Waals surface area contributed by atoms with Crippen LogP contribution in [-0.2, 0) is 16.0 Å². The average Bonchev–Trinajstić information content (AvgIpc) is 2.62. The van der Waals surface area contributed by atoms with Crippen molar-refractivity contribution >= 4 is 17.5 Å². The first-order valence-electron chi connectivity index (χ1n) is 8.58. The molecule has 0 radical (unpaired) electrons. The molecule has 3 rings (SSSR count). The molecule has 2 aromatic rings. The zero-order valence-corrected chi connectivity index (χ0v) is 14.6. The van der Waals surface area contributed by atoms with Gasteiger partial charge in [0.15, 0.2) is 6.61 Å². The summed E-state index contributed by atoms with van der Waals surface area (Å²) in [4.78, 5) is 25.8. The van der Waals surface area contributed by atoms with Gasteiger partial charge in [0.1, 0.15) is 18.1 Å². The summed E-state index contributed by atoms with van der Waals surface area (Å²) < 4.78 is 19.0. The number of hydrogen-bond donors (Lipinski definition) is 1. The number of halogens is 1. The number of benzene rings is 2. The molecule has 5 nitrogen and oxygen atoms in total. The van der Waals surface area contributed by atoms with Crippen molar-refractivity contribution in [1.29, 1.82) is 0 Å². The van der Waals surface area contributed by atoms with Crippen molar-refractivity contribution < 1.29 is 18.7 Å². The van der Waals surface area contributed by atoms with E-state index in [-0.39, 0.29) is 30.8 Å². The summed E-state index contributed by atoms with van der Waals surface area (Å²) in [6.45, 7) is 2.21. The van der Waals surface area contributed by atoms with Crippen molar-refractivity contribution in [2.24, 2.45) is 0 Å². The van der Waals surface area contributed by atoms with E-state index in [0.717, 1.165) is 5.56 Å². The second-order valence-electron chi connectivity index (χ2n) is 6.28. The summed E-state index contributed by atoms with van der Waals surface area (Å²) in [5.41, 5.74) is 2.23. The maximum absolute atomic E-state index is 13.6. The minimum absolute atomic E-state index is 0.0572. The van der Waals surface area contributed by atoms with Crippen molar-refractivity contribution in [2.45, 2.75) is 19.8 Å². The Balaban J connectivity index is 1.53. The van der Waals surface area contributed by atoms with Gasteiger partial charge >= 0.3 is 0 Å². The Hall–Kier alpha value is -2.89. The molecule has 0 saturated heterocycles. The standard InChI is InChI=1S/C20H21FN2O3/c1-14-8-9-18-17(11-14)23(20(25)13-26-18)12-19(24)22-10-4-6-15-5-2-3-7-16(15)21/h2-3,5,7-9,11H,4,6,10,12-13H2,1H3,(H,22,24). The number of carbonyl (C=O) groups is 2. The Morgan fingerprint density at radius 1 is 1.27 bits per heavy atom. The summed E-state index contributed by atoms with van der Waals surface area (Å²) in [6.07, 6.45) is 1.17. The van der Waals surface area contributed by atoms with Crippen molar-refractivity contribution in [3.8, 4) is 5.75 Å². The fourth-order valence-corrected chi connectivity index (χ4v) is 2.89. The summed E-state index contributed by atoms with van der Waals surface area (Å²) in [5.74, 6) is -0.127. The second kappa shape index (κ2) is 7.99. The van der Waals surface area contributed by atoms with Gasteiger partial charge in [0.25, 0.3) is 5.91 Å². The third kappa shape index (κ3) is 4.20. The number of aryl methyl sites for hydroxylation is 2. The molecule has 1 aliphatic rings. The molecule has 0 bridgehead atoms. The summed E-state index contributed by atoms with van der Waals surface area (Å²) in [7, 11) is 0. The molecule has 1 aliphatic heterocycles. The van der Waals surface area contributed by atoms with E-state index >= 15 is 0 Å². The van der Waals surface area contributed by atoms with Crippen molar-refractivity contribution in [3.63, 3.8) is 0 Å². The fraction of sp³-hybridized carbons (Fsp3) is 0.300. The lowest BCUT2D eigenvalue weighted by Crippen LogP contribution is -2.45. The van der Waals surface area contributed by atoms with Crippen LogP contribution in [0.2, 0.25) is 0 Å². The number of fused-ring (bicyclic) bond motifs is 1. The molecule has 0 saturated carbocycles. The number of anilines is 1. The van der Waals surface area contributed by atoms with Gasteiger partial charge in [-0.15, -0.1) is 0 Å². The predicted octanol–water partition coefficient (Wildman–Crippen LogP) is 2.61. The Labute approximate surface area is 151 Å². The lowest BCUT2D eigenvalue weighted by molar-refractivity contribution is -0.125. The number of nitrogens with one attached hydrogen (secondary N) is 1. The SMILES string of the molecule is Cc1ccc2c(c1)N(CC(=O)NCCCc1ccccc1F)C(=O)CO2. The summed E-state index contributed by atoms with van der Waals surface area (Å²) >= 11 is 0. The zero-order chi connectivity index (χ0) is 18.5. The molecule has 2 amide bonds. The van der Waals surface area contributed by atoms with Gasteiger partial charge in [-0.25, -0.2) is 4.39 Å². The molecule has 0 atom stereocenters. The van der Waals surface area contributed by atoms with Gasteiger partial charge < -0.3 is 10.1 Å². The topological polar surface area (TPSA) is 58.6 Å². The van der Waals surface area contributed by atoms with Crippen LogP contribution in [0.15, 0.2) is 42.5 Å². The molecule has 0 aromatic heterocycles. The maximum Gasteiger partial charge on any atom is 0.265 e. The van der Waals surface area contributed by atoms with Crippen molar-refractivity contribution in [1.82, 2.24) is 5.32 Å². The Kier molecular flexibility index (Phi) is 5.51. The summed E-state index contributed by atoms with van der Waals surface area (Å²) in [5, 5.41) is 2.79. The first-order valence-corrected chi connectivity index (χ1v) is 8.58. The molecule has 0 aliphatic carbocycles. The molecular formula is C20H21FN2O3. The number of ether oxygens (including phenoxy) is 1. The molecule has 1 heterocycles. The molecule has 0 fully saturated rings. The van der Waals surface area contributed by atoms with E-state index in [2.05, 4.69) is 5.32 Å². The monoisotopic (exact) mass is 356 g/mol. The lowest BCUT2D eigenvalue weighted by atomic mass is 10.1. The van der Waals surface area contributed by atoms with E-state index < -0.39 is 0 Å². The van der Waals surface area contributed by atoms with Gasteiger partial charge in [0.05, 0.1) is 5.69 Å². The highest BCUT2D eigenvalue weighted by Gasteiger charge is 2.27. The third-order valence-electron chi connectivity index (χ3n) is 4.26. The van der Waals surface area contributed by atoms with E-state index in [0.29, 0.717) is 36.4 Å².